The number of hydrogen-bond donors (Lipinski definition) is 0. The molecule has 16 heavy (non-hydrogen) atoms. The van der Waals surface area contributed by atoms with Gasteiger partial charge in [0.2, 0.25) is 0 Å². The summed E-state index contributed by atoms with van der Waals surface area (Å²) in [4.78, 5) is 36.1. The van der Waals surface area contributed by atoms with Crippen LogP contribution in [-0.2, 0) is 19.1 Å². The Bertz CT molecular complexity index is 393. The van der Waals surface area contributed by atoms with E-state index in [0.717, 1.165) is 0 Å². The lowest BCUT2D eigenvalue weighted by Crippen LogP contribution is -2.38. The Balaban J connectivity index is 1.80. The molecule has 0 aromatic carbocycles. The second-order valence-electron chi connectivity index (χ2n) is 4.20. The van der Waals surface area contributed by atoms with Crippen LogP contribution >= 0.6 is 0 Å². The number of carbonyl (C=O) groups excluding carboxylic acids is 3. The number of ketones is 1. The number of ether oxygens (including phenoxy) is 2. The van der Waals surface area contributed by atoms with Crippen LogP contribution in [0.15, 0.2) is 0 Å². The van der Waals surface area contributed by atoms with Gasteiger partial charge in [0.15, 0.2) is 5.78 Å². The van der Waals surface area contributed by atoms with Crippen LogP contribution < -0.4 is 0 Å². The average Bonchev–Trinajstić information content (AvgIpc) is 2.76. The van der Waals surface area contributed by atoms with Gasteiger partial charge in [-0.2, -0.15) is 0 Å². The molecule has 0 aromatic heterocycles. The number of esters is 1. The Morgan fingerprint density at radius 3 is 3.00 bits per heavy atom. The normalized spacial score (nSPS) is 39.2. The zero-order valence-corrected chi connectivity index (χ0v) is 8.71. The van der Waals surface area contributed by atoms with Crippen LogP contribution in [0, 0.1) is 11.8 Å². The van der Waals surface area contributed by atoms with Crippen molar-refractivity contribution in [2.45, 2.75) is 19.0 Å². The van der Waals surface area contributed by atoms with E-state index < -0.39 is 18.1 Å². The number of amides is 1. The van der Waals surface area contributed by atoms with Crippen molar-refractivity contribution in [1.29, 1.82) is 0 Å². The van der Waals surface area contributed by atoms with Crippen molar-refractivity contribution in [2.75, 3.05) is 13.2 Å². The molecule has 0 bridgehead atoms. The van der Waals surface area contributed by atoms with Gasteiger partial charge in [-0.05, 0) is 6.92 Å². The second-order valence-corrected chi connectivity index (χ2v) is 4.20. The fourth-order valence-corrected chi connectivity index (χ4v) is 2.71. The first-order valence-corrected chi connectivity index (χ1v) is 5.32. The van der Waals surface area contributed by atoms with Crippen molar-refractivity contribution in [1.82, 2.24) is 4.90 Å². The van der Waals surface area contributed by atoms with Crippen LogP contribution in [0.3, 0.4) is 0 Å². The van der Waals surface area contributed by atoms with Crippen LogP contribution in [0.1, 0.15) is 6.92 Å². The molecule has 4 atom stereocenters. The van der Waals surface area contributed by atoms with Gasteiger partial charge in [-0.15, -0.1) is 0 Å². The monoisotopic (exact) mass is 225 g/mol. The Labute approximate surface area is 91.5 Å². The second kappa shape index (κ2) is 2.96. The molecule has 6 nitrogen and oxygen atoms in total. The van der Waals surface area contributed by atoms with Crippen LogP contribution in [0.25, 0.3) is 0 Å². The minimum absolute atomic E-state index is 0.0612. The summed E-state index contributed by atoms with van der Waals surface area (Å²) in [6, 6.07) is -0.778. The maximum absolute atomic E-state index is 11.8. The highest BCUT2D eigenvalue weighted by molar-refractivity contribution is 6.03. The van der Waals surface area contributed by atoms with E-state index in [2.05, 4.69) is 0 Å². The van der Waals surface area contributed by atoms with Crippen molar-refractivity contribution in [3.63, 3.8) is 0 Å². The lowest BCUT2D eigenvalue weighted by molar-refractivity contribution is -0.147. The topological polar surface area (TPSA) is 72.9 Å². The van der Waals surface area contributed by atoms with Gasteiger partial charge < -0.3 is 9.47 Å². The molecule has 86 valence electrons. The van der Waals surface area contributed by atoms with Gasteiger partial charge in [-0.25, -0.2) is 4.79 Å². The predicted octanol–water partition coefficient (Wildman–Crippen LogP) is -0.432. The highest BCUT2D eigenvalue weighted by Crippen LogP contribution is 2.53. The molecule has 1 amide bonds. The van der Waals surface area contributed by atoms with E-state index in [0.29, 0.717) is 0 Å². The maximum Gasteiger partial charge on any atom is 0.410 e. The molecule has 1 aliphatic carbocycles. The van der Waals surface area contributed by atoms with Gasteiger partial charge in [0.25, 0.3) is 0 Å². The molecular formula is C10H11NO5. The first-order valence-electron chi connectivity index (χ1n) is 5.32. The number of cyclic esters (lactones) is 1. The summed E-state index contributed by atoms with van der Waals surface area (Å²) in [6.45, 7) is 2.13. The van der Waals surface area contributed by atoms with Crippen LogP contribution in [-0.4, -0.2) is 48.0 Å². The predicted molar refractivity (Wildman–Crippen MR) is 49.4 cm³/mol. The molecule has 6 heteroatoms. The van der Waals surface area contributed by atoms with E-state index in [1.54, 1.807) is 6.92 Å². The fourth-order valence-electron chi connectivity index (χ4n) is 2.71. The standard InChI is InChI=1S/C10H11NO5/c1-2-15-9(13)6-5-7(6)11-4(8(5)12)3-16-10(11)14/h4-7H,2-3H2,1H3/t4-,5+,6+,7+/m0/s1. The molecule has 0 radical (unpaired) electrons. The molecule has 1 saturated carbocycles. The number of fused-ring (bicyclic) bond motifs is 3. The molecule has 0 N–H and O–H groups in total. The average molecular weight is 225 g/mol. The van der Waals surface area contributed by atoms with E-state index >= 15 is 0 Å². The minimum atomic E-state index is -0.488. The van der Waals surface area contributed by atoms with E-state index in [4.69, 9.17) is 9.47 Å². The molecule has 2 heterocycles. The summed E-state index contributed by atoms with van der Waals surface area (Å²) in [7, 11) is 0. The largest absolute Gasteiger partial charge is 0.466 e. The van der Waals surface area contributed by atoms with Gasteiger partial charge in [-0.3, -0.25) is 14.5 Å². The minimum Gasteiger partial charge on any atom is -0.466 e. The SMILES string of the molecule is CCOC(=O)[C@@H]1[C@H]2C(=O)[C@@H]3COC(=O)N3[C@@H]12. The number of rotatable bonds is 2. The smallest absolute Gasteiger partial charge is 0.410 e. The molecule has 0 unspecified atom stereocenters. The van der Waals surface area contributed by atoms with Crippen molar-refractivity contribution in [2.24, 2.45) is 11.8 Å². The van der Waals surface area contributed by atoms with Crippen molar-refractivity contribution >= 4 is 17.8 Å². The van der Waals surface area contributed by atoms with Gasteiger partial charge in [0.1, 0.15) is 12.6 Å². The zero-order chi connectivity index (χ0) is 11.4. The summed E-state index contributed by atoms with van der Waals surface area (Å²) in [5.74, 6) is -1.26. The number of Topliss-reactive ketones (excluding diaryl/α,β-unsaturated/α-hetero) is 1. The third-order valence-electron chi connectivity index (χ3n) is 3.43. The number of carbonyl (C=O) groups is 3. The first-order chi connectivity index (χ1) is 7.66. The van der Waals surface area contributed by atoms with Gasteiger partial charge in [0.05, 0.1) is 24.5 Å². The molecule has 3 fully saturated rings. The Hall–Kier alpha value is -1.59. The van der Waals surface area contributed by atoms with Gasteiger partial charge >= 0.3 is 12.1 Å². The van der Waals surface area contributed by atoms with Crippen LogP contribution in [0.5, 0.6) is 0 Å². The first kappa shape index (κ1) is 9.62. The van der Waals surface area contributed by atoms with E-state index in [1.165, 1.54) is 4.90 Å². The number of piperidine rings is 1. The molecule has 3 rings (SSSR count). The van der Waals surface area contributed by atoms with Crippen LogP contribution in [0.4, 0.5) is 4.79 Å². The molecule has 3 aliphatic rings. The Morgan fingerprint density at radius 2 is 2.31 bits per heavy atom. The maximum atomic E-state index is 11.8. The summed E-state index contributed by atoms with van der Waals surface area (Å²) in [5, 5.41) is 0. The van der Waals surface area contributed by atoms with E-state index in [9.17, 15) is 14.4 Å². The van der Waals surface area contributed by atoms with E-state index in [-0.39, 0.29) is 36.9 Å². The van der Waals surface area contributed by atoms with Crippen molar-refractivity contribution < 1.29 is 23.9 Å². The molecule has 2 saturated heterocycles. The molecule has 0 aromatic rings. The highest BCUT2D eigenvalue weighted by Gasteiger charge is 2.73. The van der Waals surface area contributed by atoms with E-state index in [1.807, 2.05) is 0 Å². The summed E-state index contributed by atoms with van der Waals surface area (Å²) >= 11 is 0. The fraction of sp³-hybridized carbons (Fsp3) is 0.700. The third-order valence-corrected chi connectivity index (χ3v) is 3.43. The Kier molecular flexibility index (Phi) is 1.78. The van der Waals surface area contributed by atoms with Gasteiger partial charge in [0, 0.05) is 0 Å². The summed E-state index contributed by atoms with van der Waals surface area (Å²) in [5.41, 5.74) is 0. The summed E-state index contributed by atoms with van der Waals surface area (Å²) in [6.07, 6.45) is -0.488. The lowest BCUT2D eigenvalue weighted by atomic mass is 10.1. The molecule has 2 aliphatic heterocycles. The number of hydrogen-bond acceptors (Lipinski definition) is 5. The highest BCUT2D eigenvalue weighted by atomic mass is 16.6. The quantitative estimate of drug-likeness (QED) is 0.596. The zero-order valence-electron chi connectivity index (χ0n) is 8.71. The van der Waals surface area contributed by atoms with Crippen molar-refractivity contribution in [3.05, 3.63) is 0 Å². The van der Waals surface area contributed by atoms with Crippen LogP contribution in [0.2, 0.25) is 0 Å². The summed E-state index contributed by atoms with van der Waals surface area (Å²) < 4.78 is 9.65. The number of nitrogens with zero attached hydrogens (tertiary/aromatic N) is 1. The van der Waals surface area contributed by atoms with Gasteiger partial charge in [-0.1, -0.05) is 0 Å². The molecule has 0 spiro atoms. The van der Waals surface area contributed by atoms with Crippen molar-refractivity contribution in [3.8, 4) is 0 Å². The third kappa shape index (κ3) is 0.989. The lowest BCUT2D eigenvalue weighted by Gasteiger charge is -2.15. The Morgan fingerprint density at radius 1 is 1.56 bits per heavy atom. The molecular weight excluding hydrogens is 214 g/mol.